The third-order valence-corrected chi connectivity index (χ3v) is 6.56. The second kappa shape index (κ2) is 9.23. The number of fused-ring (bicyclic) bond motifs is 1. The number of aryl methyl sites for hydroxylation is 1. The van der Waals surface area contributed by atoms with Gasteiger partial charge in [0.25, 0.3) is 5.91 Å². The fraction of sp³-hybridized carbons (Fsp3) is 0.280. The average molecular weight is 466 g/mol. The monoisotopic (exact) mass is 465 g/mol. The SMILES string of the molecule is Cc1ccc(NC(=O)C2CCN(C(=O)c3cccc4ccccc34)CC2)cc1NS(C)(=O)=O. The summed E-state index contributed by atoms with van der Waals surface area (Å²) < 4.78 is 25.6. The number of nitrogens with zero attached hydrogens (tertiary/aromatic N) is 1. The molecule has 1 saturated heterocycles. The van der Waals surface area contributed by atoms with Gasteiger partial charge in [-0.1, -0.05) is 42.5 Å². The van der Waals surface area contributed by atoms with Gasteiger partial charge in [-0.15, -0.1) is 0 Å². The van der Waals surface area contributed by atoms with E-state index < -0.39 is 10.0 Å². The molecule has 7 nitrogen and oxygen atoms in total. The molecule has 2 N–H and O–H groups in total. The van der Waals surface area contributed by atoms with Gasteiger partial charge in [-0.25, -0.2) is 8.42 Å². The molecule has 0 atom stereocenters. The highest BCUT2D eigenvalue weighted by Crippen LogP contribution is 2.26. The Hall–Kier alpha value is -3.39. The first-order valence-corrected chi connectivity index (χ1v) is 12.8. The molecule has 8 heteroatoms. The second-order valence-electron chi connectivity index (χ2n) is 8.49. The molecule has 3 aromatic rings. The number of hydrogen-bond acceptors (Lipinski definition) is 4. The van der Waals surface area contributed by atoms with E-state index in [-0.39, 0.29) is 17.7 Å². The number of benzene rings is 3. The molecule has 1 fully saturated rings. The van der Waals surface area contributed by atoms with Crippen LogP contribution in [0.15, 0.2) is 60.7 Å². The summed E-state index contributed by atoms with van der Waals surface area (Å²) in [6.45, 7) is 2.81. The Labute approximate surface area is 193 Å². The van der Waals surface area contributed by atoms with Crippen molar-refractivity contribution in [1.82, 2.24) is 4.90 Å². The zero-order valence-corrected chi connectivity index (χ0v) is 19.5. The van der Waals surface area contributed by atoms with Crippen LogP contribution in [-0.2, 0) is 14.8 Å². The van der Waals surface area contributed by atoms with Crippen LogP contribution >= 0.6 is 0 Å². The van der Waals surface area contributed by atoms with Crippen molar-refractivity contribution in [2.75, 3.05) is 29.4 Å². The van der Waals surface area contributed by atoms with Crippen molar-refractivity contribution in [3.63, 3.8) is 0 Å². The van der Waals surface area contributed by atoms with Crippen LogP contribution in [0.25, 0.3) is 10.8 Å². The first kappa shape index (κ1) is 22.8. The summed E-state index contributed by atoms with van der Waals surface area (Å²) in [5.74, 6) is -0.351. The van der Waals surface area contributed by atoms with Crippen molar-refractivity contribution in [3.05, 3.63) is 71.8 Å². The summed E-state index contributed by atoms with van der Waals surface area (Å²) in [5.41, 5.74) is 2.41. The molecule has 1 heterocycles. The van der Waals surface area contributed by atoms with E-state index in [0.29, 0.717) is 42.9 Å². The molecule has 0 bridgehead atoms. The van der Waals surface area contributed by atoms with Gasteiger partial charge < -0.3 is 10.2 Å². The van der Waals surface area contributed by atoms with Crippen molar-refractivity contribution in [2.45, 2.75) is 19.8 Å². The summed E-state index contributed by atoms with van der Waals surface area (Å²) >= 11 is 0. The quantitative estimate of drug-likeness (QED) is 0.595. The highest BCUT2D eigenvalue weighted by atomic mass is 32.2. The summed E-state index contributed by atoms with van der Waals surface area (Å²) in [5, 5.41) is 4.85. The number of nitrogens with one attached hydrogen (secondary N) is 2. The number of rotatable bonds is 5. The number of anilines is 2. The zero-order valence-electron chi connectivity index (χ0n) is 18.7. The van der Waals surface area contributed by atoms with E-state index in [1.807, 2.05) is 47.4 Å². The highest BCUT2D eigenvalue weighted by Gasteiger charge is 2.28. The highest BCUT2D eigenvalue weighted by molar-refractivity contribution is 7.92. The van der Waals surface area contributed by atoms with Gasteiger partial charge in [-0.05, 0) is 54.3 Å². The molecule has 0 radical (unpaired) electrons. The third kappa shape index (κ3) is 5.34. The number of carbonyl (C=O) groups is 2. The van der Waals surface area contributed by atoms with Gasteiger partial charge in [0, 0.05) is 30.3 Å². The van der Waals surface area contributed by atoms with Crippen LogP contribution in [-0.4, -0.2) is 44.5 Å². The predicted molar refractivity (Wildman–Crippen MR) is 131 cm³/mol. The Balaban J connectivity index is 1.39. The van der Waals surface area contributed by atoms with Crippen molar-refractivity contribution in [2.24, 2.45) is 5.92 Å². The zero-order chi connectivity index (χ0) is 23.6. The largest absolute Gasteiger partial charge is 0.339 e. The summed E-state index contributed by atoms with van der Waals surface area (Å²) in [6.07, 6.45) is 2.23. The van der Waals surface area contributed by atoms with Crippen LogP contribution in [0.4, 0.5) is 11.4 Å². The lowest BCUT2D eigenvalue weighted by atomic mass is 9.94. The average Bonchev–Trinajstić information content (AvgIpc) is 2.79. The molecular weight excluding hydrogens is 438 g/mol. The van der Waals surface area contributed by atoms with E-state index in [0.717, 1.165) is 22.6 Å². The van der Waals surface area contributed by atoms with E-state index in [4.69, 9.17) is 0 Å². The van der Waals surface area contributed by atoms with Gasteiger partial charge in [-0.3, -0.25) is 14.3 Å². The first-order valence-electron chi connectivity index (χ1n) is 10.9. The number of piperidine rings is 1. The summed E-state index contributed by atoms with van der Waals surface area (Å²) in [6, 6.07) is 18.7. The predicted octanol–water partition coefficient (Wildman–Crippen LogP) is 4.01. The molecule has 0 saturated carbocycles. The van der Waals surface area contributed by atoms with Gasteiger partial charge in [-0.2, -0.15) is 0 Å². The van der Waals surface area contributed by atoms with E-state index >= 15 is 0 Å². The standard InChI is InChI=1S/C25H27N3O4S/c1-17-10-11-20(16-23(17)27-33(2,31)32)26-24(29)19-12-14-28(15-13-19)25(30)22-9-5-7-18-6-3-4-8-21(18)22/h3-11,16,19,27H,12-15H2,1-2H3,(H,26,29). The van der Waals surface area contributed by atoms with Gasteiger partial charge in [0.1, 0.15) is 0 Å². The molecule has 3 aromatic carbocycles. The molecule has 0 aliphatic carbocycles. The Morgan fingerprint density at radius 2 is 1.67 bits per heavy atom. The fourth-order valence-corrected chi connectivity index (χ4v) is 4.80. The van der Waals surface area contributed by atoms with Crippen molar-refractivity contribution in [1.29, 1.82) is 0 Å². The Morgan fingerprint density at radius 3 is 2.39 bits per heavy atom. The van der Waals surface area contributed by atoms with Crippen LogP contribution in [0.3, 0.4) is 0 Å². The number of hydrogen-bond donors (Lipinski definition) is 2. The van der Waals surface area contributed by atoms with Crippen LogP contribution in [0.5, 0.6) is 0 Å². The normalized spacial score (nSPS) is 14.8. The molecule has 0 spiro atoms. The van der Waals surface area contributed by atoms with E-state index in [9.17, 15) is 18.0 Å². The molecule has 0 unspecified atom stereocenters. The topological polar surface area (TPSA) is 95.6 Å². The smallest absolute Gasteiger partial charge is 0.254 e. The van der Waals surface area contributed by atoms with Gasteiger partial charge >= 0.3 is 0 Å². The van der Waals surface area contributed by atoms with Crippen molar-refractivity contribution in [3.8, 4) is 0 Å². The maximum absolute atomic E-state index is 13.1. The van der Waals surface area contributed by atoms with E-state index in [1.165, 1.54) is 0 Å². The molecule has 172 valence electrons. The molecule has 0 aromatic heterocycles. The molecule has 2 amide bonds. The number of amides is 2. The summed E-state index contributed by atoms with van der Waals surface area (Å²) in [7, 11) is -3.42. The van der Waals surface area contributed by atoms with Crippen LogP contribution in [0, 0.1) is 12.8 Å². The fourth-order valence-electron chi connectivity index (χ4n) is 4.18. The van der Waals surface area contributed by atoms with E-state index in [2.05, 4.69) is 10.0 Å². The van der Waals surface area contributed by atoms with Crippen LogP contribution in [0.2, 0.25) is 0 Å². The first-order chi connectivity index (χ1) is 15.7. The van der Waals surface area contributed by atoms with Gasteiger partial charge in [0.05, 0.1) is 11.9 Å². The van der Waals surface area contributed by atoms with E-state index in [1.54, 1.807) is 25.1 Å². The lowest BCUT2D eigenvalue weighted by molar-refractivity contribution is -0.121. The minimum absolute atomic E-state index is 0.0133. The number of sulfonamides is 1. The summed E-state index contributed by atoms with van der Waals surface area (Å²) in [4.78, 5) is 27.8. The van der Waals surface area contributed by atoms with Gasteiger partial charge in [0.15, 0.2) is 0 Å². The maximum Gasteiger partial charge on any atom is 0.254 e. The number of carbonyl (C=O) groups excluding carboxylic acids is 2. The van der Waals surface area contributed by atoms with Crippen LogP contribution < -0.4 is 10.0 Å². The second-order valence-corrected chi connectivity index (χ2v) is 10.2. The number of likely N-dealkylation sites (tertiary alicyclic amines) is 1. The van der Waals surface area contributed by atoms with Gasteiger partial charge in [0.2, 0.25) is 15.9 Å². The molecule has 4 rings (SSSR count). The van der Waals surface area contributed by atoms with Crippen molar-refractivity contribution < 1.29 is 18.0 Å². The van der Waals surface area contributed by atoms with Crippen molar-refractivity contribution >= 4 is 44.0 Å². The minimum Gasteiger partial charge on any atom is -0.339 e. The molecule has 1 aliphatic heterocycles. The third-order valence-electron chi connectivity index (χ3n) is 5.97. The Bertz CT molecular complexity index is 1310. The molecular formula is C25H27N3O4S. The lowest BCUT2D eigenvalue weighted by Gasteiger charge is -2.31. The molecule has 33 heavy (non-hydrogen) atoms. The minimum atomic E-state index is -3.42. The maximum atomic E-state index is 13.1. The Morgan fingerprint density at radius 1 is 0.970 bits per heavy atom. The lowest BCUT2D eigenvalue weighted by Crippen LogP contribution is -2.41. The molecule has 1 aliphatic rings. The van der Waals surface area contributed by atoms with Crippen LogP contribution in [0.1, 0.15) is 28.8 Å². The Kier molecular flexibility index (Phi) is 6.37.